The molecular weight excluding hydrogens is 314 g/mol. The Morgan fingerprint density at radius 3 is 2.92 bits per heavy atom. The van der Waals surface area contributed by atoms with E-state index >= 15 is 0 Å². The molecule has 0 unspecified atom stereocenters. The van der Waals surface area contributed by atoms with Gasteiger partial charge in [-0.2, -0.15) is 5.10 Å². The number of anilines is 1. The largest absolute Gasteiger partial charge is 0.379 e. The number of fused-ring (bicyclic) bond motifs is 3. The molecule has 0 bridgehead atoms. The zero-order valence-electron chi connectivity index (χ0n) is 14.7. The SMILES string of the molecule is Cc1nnc(NCCCCN2CCOCC2)c2cc3ccccn3c12. The second kappa shape index (κ2) is 7.37. The summed E-state index contributed by atoms with van der Waals surface area (Å²) in [5.74, 6) is 0.885. The number of hydrogen-bond acceptors (Lipinski definition) is 5. The zero-order chi connectivity index (χ0) is 17.1. The minimum absolute atomic E-state index is 0.872. The Kier molecular flexibility index (Phi) is 4.81. The summed E-state index contributed by atoms with van der Waals surface area (Å²) in [6.07, 6.45) is 4.40. The molecule has 1 aliphatic heterocycles. The van der Waals surface area contributed by atoms with Gasteiger partial charge in [-0.05, 0) is 44.5 Å². The van der Waals surface area contributed by atoms with E-state index in [9.17, 15) is 0 Å². The van der Waals surface area contributed by atoms with Gasteiger partial charge in [0.05, 0.1) is 24.4 Å². The number of pyridine rings is 1. The lowest BCUT2D eigenvalue weighted by atomic mass is 10.2. The maximum atomic E-state index is 5.39. The van der Waals surface area contributed by atoms with E-state index in [4.69, 9.17) is 4.74 Å². The van der Waals surface area contributed by atoms with E-state index in [0.29, 0.717) is 0 Å². The van der Waals surface area contributed by atoms with Gasteiger partial charge < -0.3 is 14.5 Å². The highest BCUT2D eigenvalue weighted by Crippen LogP contribution is 2.26. The van der Waals surface area contributed by atoms with Crippen LogP contribution in [-0.2, 0) is 4.74 Å². The normalized spacial score (nSPS) is 15.9. The molecule has 0 aliphatic carbocycles. The van der Waals surface area contributed by atoms with E-state index < -0.39 is 0 Å². The van der Waals surface area contributed by atoms with Crippen molar-refractivity contribution in [3.63, 3.8) is 0 Å². The Balaban J connectivity index is 1.40. The molecule has 0 amide bonds. The summed E-state index contributed by atoms with van der Waals surface area (Å²) in [5.41, 5.74) is 3.27. The number of rotatable bonds is 6. The Bertz CT molecular complexity index is 854. The van der Waals surface area contributed by atoms with Gasteiger partial charge in [-0.1, -0.05) is 6.07 Å². The summed E-state index contributed by atoms with van der Waals surface area (Å²) < 4.78 is 7.57. The van der Waals surface area contributed by atoms with E-state index in [1.54, 1.807) is 0 Å². The number of nitrogens with zero attached hydrogens (tertiary/aromatic N) is 4. The molecule has 3 aromatic heterocycles. The Hall–Kier alpha value is -2.18. The fourth-order valence-corrected chi connectivity index (χ4v) is 3.52. The lowest BCUT2D eigenvalue weighted by Crippen LogP contribution is -2.36. The standard InChI is InChI=1S/C19H25N5O/c1-15-18-17(14-16-6-2-4-9-24(16)18)19(22-21-15)20-7-3-5-8-23-10-12-25-13-11-23/h2,4,6,9,14H,3,5,7-8,10-13H2,1H3,(H,20,22). The second-order valence-electron chi connectivity index (χ2n) is 6.62. The van der Waals surface area contributed by atoms with Crippen LogP contribution in [0.4, 0.5) is 5.82 Å². The van der Waals surface area contributed by atoms with Crippen LogP contribution in [0.15, 0.2) is 30.5 Å². The van der Waals surface area contributed by atoms with Gasteiger partial charge in [-0.25, -0.2) is 0 Å². The fraction of sp³-hybridized carbons (Fsp3) is 0.474. The molecular formula is C19H25N5O. The summed E-state index contributed by atoms with van der Waals surface area (Å²) in [5, 5.41) is 13.4. The molecule has 1 fully saturated rings. The van der Waals surface area contributed by atoms with Crippen LogP contribution in [0, 0.1) is 6.92 Å². The van der Waals surface area contributed by atoms with Crippen molar-refractivity contribution in [1.29, 1.82) is 0 Å². The van der Waals surface area contributed by atoms with Crippen LogP contribution in [0.2, 0.25) is 0 Å². The Morgan fingerprint density at radius 1 is 1.16 bits per heavy atom. The summed E-state index contributed by atoms with van der Waals surface area (Å²) >= 11 is 0. The predicted octanol–water partition coefficient (Wildman–Crippen LogP) is 2.72. The third kappa shape index (κ3) is 3.45. The number of morpholine rings is 1. The molecule has 6 nitrogen and oxygen atoms in total. The lowest BCUT2D eigenvalue weighted by molar-refractivity contribution is 0.0373. The van der Waals surface area contributed by atoms with Crippen molar-refractivity contribution in [3.8, 4) is 0 Å². The average molecular weight is 339 g/mol. The number of aromatic nitrogens is 3. The first kappa shape index (κ1) is 16.3. The highest BCUT2D eigenvalue weighted by atomic mass is 16.5. The molecule has 0 atom stereocenters. The highest BCUT2D eigenvalue weighted by molar-refractivity contribution is 5.96. The third-order valence-corrected chi connectivity index (χ3v) is 4.87. The van der Waals surface area contributed by atoms with Gasteiger partial charge in [0, 0.05) is 36.7 Å². The first-order valence-electron chi connectivity index (χ1n) is 9.10. The molecule has 0 saturated carbocycles. The minimum atomic E-state index is 0.872. The molecule has 1 saturated heterocycles. The van der Waals surface area contributed by atoms with E-state index in [0.717, 1.165) is 68.2 Å². The van der Waals surface area contributed by atoms with E-state index in [2.05, 4.69) is 49.2 Å². The van der Waals surface area contributed by atoms with Crippen molar-refractivity contribution in [3.05, 3.63) is 36.2 Å². The van der Waals surface area contributed by atoms with Crippen molar-refractivity contribution in [2.45, 2.75) is 19.8 Å². The molecule has 1 N–H and O–H groups in total. The molecule has 3 aromatic rings. The number of unbranched alkanes of at least 4 members (excludes halogenated alkanes) is 1. The predicted molar refractivity (Wildman–Crippen MR) is 100 cm³/mol. The van der Waals surface area contributed by atoms with Crippen molar-refractivity contribution < 1.29 is 4.74 Å². The fourth-order valence-electron chi connectivity index (χ4n) is 3.52. The average Bonchev–Trinajstić information content (AvgIpc) is 3.04. The Labute approximate surface area is 147 Å². The van der Waals surface area contributed by atoms with E-state index in [1.165, 1.54) is 11.9 Å². The monoisotopic (exact) mass is 339 g/mol. The van der Waals surface area contributed by atoms with Crippen LogP contribution in [0.1, 0.15) is 18.5 Å². The number of hydrogen-bond donors (Lipinski definition) is 1. The second-order valence-corrected chi connectivity index (χ2v) is 6.62. The first-order valence-corrected chi connectivity index (χ1v) is 9.10. The van der Waals surface area contributed by atoms with Crippen molar-refractivity contribution in [2.24, 2.45) is 0 Å². The Morgan fingerprint density at radius 2 is 2.04 bits per heavy atom. The molecule has 0 aromatic carbocycles. The van der Waals surface area contributed by atoms with Crippen LogP contribution in [0.3, 0.4) is 0 Å². The topological polar surface area (TPSA) is 54.7 Å². The lowest BCUT2D eigenvalue weighted by Gasteiger charge is -2.26. The molecule has 6 heteroatoms. The quantitative estimate of drug-likeness (QED) is 0.700. The van der Waals surface area contributed by atoms with Gasteiger partial charge in [0.15, 0.2) is 5.82 Å². The summed E-state index contributed by atoms with van der Waals surface area (Å²) in [7, 11) is 0. The number of nitrogens with one attached hydrogen (secondary N) is 1. The minimum Gasteiger partial charge on any atom is -0.379 e. The smallest absolute Gasteiger partial charge is 0.158 e. The number of ether oxygens (including phenoxy) is 1. The summed E-state index contributed by atoms with van der Waals surface area (Å²) in [4.78, 5) is 2.48. The zero-order valence-corrected chi connectivity index (χ0v) is 14.7. The van der Waals surface area contributed by atoms with Crippen LogP contribution in [0.25, 0.3) is 16.4 Å². The third-order valence-electron chi connectivity index (χ3n) is 4.87. The maximum Gasteiger partial charge on any atom is 0.158 e. The van der Waals surface area contributed by atoms with Crippen LogP contribution in [-0.4, -0.2) is 58.9 Å². The summed E-state index contributed by atoms with van der Waals surface area (Å²) in [6, 6.07) is 8.41. The van der Waals surface area contributed by atoms with Crippen LogP contribution in [0.5, 0.6) is 0 Å². The maximum absolute atomic E-state index is 5.39. The molecule has 25 heavy (non-hydrogen) atoms. The van der Waals surface area contributed by atoms with Gasteiger partial charge in [0.1, 0.15) is 0 Å². The van der Waals surface area contributed by atoms with Gasteiger partial charge in [0.25, 0.3) is 0 Å². The van der Waals surface area contributed by atoms with Crippen LogP contribution >= 0.6 is 0 Å². The first-order chi connectivity index (χ1) is 12.3. The number of aryl methyl sites for hydroxylation is 1. The van der Waals surface area contributed by atoms with E-state index in [-0.39, 0.29) is 0 Å². The molecule has 1 aliphatic rings. The molecule has 132 valence electrons. The van der Waals surface area contributed by atoms with E-state index in [1.807, 2.05) is 13.0 Å². The molecule has 0 spiro atoms. The highest BCUT2D eigenvalue weighted by Gasteiger charge is 2.12. The molecule has 0 radical (unpaired) electrons. The molecule has 4 heterocycles. The van der Waals surface area contributed by atoms with Gasteiger partial charge >= 0.3 is 0 Å². The van der Waals surface area contributed by atoms with Crippen molar-refractivity contribution in [2.75, 3.05) is 44.7 Å². The van der Waals surface area contributed by atoms with Crippen molar-refractivity contribution in [1.82, 2.24) is 19.5 Å². The van der Waals surface area contributed by atoms with Gasteiger partial charge in [-0.3, -0.25) is 4.90 Å². The van der Waals surface area contributed by atoms with Gasteiger partial charge in [-0.15, -0.1) is 5.10 Å². The summed E-state index contributed by atoms with van der Waals surface area (Å²) in [6.45, 7) is 7.96. The molecule has 4 rings (SSSR count). The van der Waals surface area contributed by atoms with Gasteiger partial charge in [0.2, 0.25) is 0 Å². The van der Waals surface area contributed by atoms with Crippen LogP contribution < -0.4 is 5.32 Å². The van der Waals surface area contributed by atoms with Crippen molar-refractivity contribution >= 4 is 22.2 Å².